The molecule has 21 heavy (non-hydrogen) atoms. The summed E-state index contributed by atoms with van der Waals surface area (Å²) >= 11 is 4.29. The second-order valence-corrected chi connectivity index (χ2v) is 5.50. The lowest BCUT2D eigenvalue weighted by molar-refractivity contribution is 0.628. The molecule has 0 aliphatic carbocycles. The fourth-order valence-electron chi connectivity index (χ4n) is 2.22. The highest BCUT2D eigenvalue weighted by Crippen LogP contribution is 2.28. The number of aromatic nitrogens is 2. The van der Waals surface area contributed by atoms with Crippen molar-refractivity contribution in [2.24, 2.45) is 5.73 Å². The van der Waals surface area contributed by atoms with Crippen molar-refractivity contribution >= 4 is 29.4 Å². The number of thiol groups is 1. The van der Waals surface area contributed by atoms with Gasteiger partial charge in [-0.1, -0.05) is 12.1 Å². The number of rotatable bonds is 2. The van der Waals surface area contributed by atoms with Gasteiger partial charge in [-0.25, -0.2) is 9.37 Å². The SMILES string of the molecule is C/C(S)=C(/N)c1c[nH]c2ncc(-c3ccc(F)cc3)cc12. The Kier molecular flexibility index (Phi) is 3.43. The van der Waals surface area contributed by atoms with Gasteiger partial charge in [-0.2, -0.15) is 0 Å². The van der Waals surface area contributed by atoms with E-state index in [1.165, 1.54) is 12.1 Å². The summed E-state index contributed by atoms with van der Waals surface area (Å²) in [5.41, 5.74) is 10.1. The molecular formula is C16H14FN3S. The van der Waals surface area contributed by atoms with Gasteiger partial charge in [0, 0.05) is 33.8 Å². The molecule has 3 rings (SSSR count). The molecule has 0 unspecified atom stereocenters. The van der Waals surface area contributed by atoms with Crippen LogP contribution in [-0.2, 0) is 0 Å². The molecule has 0 spiro atoms. The first-order chi connectivity index (χ1) is 10.1. The van der Waals surface area contributed by atoms with Crippen LogP contribution in [0.4, 0.5) is 4.39 Å². The molecule has 2 aromatic heterocycles. The number of nitrogens with one attached hydrogen (secondary N) is 1. The van der Waals surface area contributed by atoms with E-state index in [9.17, 15) is 4.39 Å². The van der Waals surface area contributed by atoms with Gasteiger partial charge < -0.3 is 10.7 Å². The predicted molar refractivity (Wildman–Crippen MR) is 87.3 cm³/mol. The minimum Gasteiger partial charge on any atom is -0.398 e. The van der Waals surface area contributed by atoms with E-state index in [0.29, 0.717) is 5.70 Å². The summed E-state index contributed by atoms with van der Waals surface area (Å²) in [4.78, 5) is 8.24. The first-order valence-corrected chi connectivity index (χ1v) is 6.90. The molecule has 0 bridgehead atoms. The van der Waals surface area contributed by atoms with Crippen LogP contribution in [0.25, 0.3) is 27.9 Å². The zero-order valence-corrected chi connectivity index (χ0v) is 12.3. The van der Waals surface area contributed by atoms with E-state index < -0.39 is 0 Å². The van der Waals surface area contributed by atoms with Gasteiger partial charge in [0.25, 0.3) is 0 Å². The number of pyridine rings is 1. The van der Waals surface area contributed by atoms with E-state index in [4.69, 9.17) is 5.73 Å². The zero-order valence-electron chi connectivity index (χ0n) is 11.4. The minimum absolute atomic E-state index is 0.256. The van der Waals surface area contributed by atoms with Crippen LogP contribution in [0.3, 0.4) is 0 Å². The molecule has 5 heteroatoms. The molecule has 0 aliphatic heterocycles. The highest BCUT2D eigenvalue weighted by atomic mass is 32.1. The lowest BCUT2D eigenvalue weighted by Gasteiger charge is -2.04. The fraction of sp³-hybridized carbons (Fsp3) is 0.0625. The van der Waals surface area contributed by atoms with E-state index in [1.807, 2.05) is 19.2 Å². The van der Waals surface area contributed by atoms with Crippen LogP contribution in [0.5, 0.6) is 0 Å². The Hall–Kier alpha value is -2.27. The molecule has 2 heterocycles. The summed E-state index contributed by atoms with van der Waals surface area (Å²) in [6.07, 6.45) is 3.57. The van der Waals surface area contributed by atoms with Gasteiger partial charge in [0.1, 0.15) is 11.5 Å². The minimum atomic E-state index is -0.256. The quantitative estimate of drug-likeness (QED) is 0.628. The molecule has 3 nitrogen and oxygen atoms in total. The van der Waals surface area contributed by atoms with Crippen molar-refractivity contribution in [2.45, 2.75) is 6.92 Å². The second-order valence-electron chi connectivity index (χ2n) is 4.83. The van der Waals surface area contributed by atoms with Crippen molar-refractivity contribution in [3.63, 3.8) is 0 Å². The number of nitrogens with zero attached hydrogens (tertiary/aromatic N) is 1. The molecular weight excluding hydrogens is 285 g/mol. The molecule has 0 saturated carbocycles. The van der Waals surface area contributed by atoms with Gasteiger partial charge in [0.05, 0.1) is 5.70 Å². The molecule has 1 aromatic carbocycles. The monoisotopic (exact) mass is 299 g/mol. The highest BCUT2D eigenvalue weighted by molar-refractivity contribution is 7.84. The number of benzene rings is 1. The molecule has 0 atom stereocenters. The van der Waals surface area contributed by atoms with E-state index in [-0.39, 0.29) is 5.82 Å². The zero-order chi connectivity index (χ0) is 15.0. The predicted octanol–water partition coefficient (Wildman–Crippen LogP) is 3.95. The van der Waals surface area contributed by atoms with Crippen LogP contribution in [0.15, 0.2) is 47.6 Å². The Morgan fingerprint density at radius 1 is 1.24 bits per heavy atom. The number of allylic oxidation sites excluding steroid dienone is 1. The van der Waals surface area contributed by atoms with Crippen molar-refractivity contribution in [1.29, 1.82) is 0 Å². The number of nitrogens with two attached hydrogens (primary N) is 1. The van der Waals surface area contributed by atoms with Crippen LogP contribution in [0.1, 0.15) is 12.5 Å². The van der Waals surface area contributed by atoms with Crippen LogP contribution in [0, 0.1) is 5.82 Å². The van der Waals surface area contributed by atoms with Gasteiger partial charge in [0.15, 0.2) is 0 Å². The molecule has 0 fully saturated rings. The average Bonchev–Trinajstić information content (AvgIpc) is 2.90. The third-order valence-electron chi connectivity index (χ3n) is 3.39. The molecule has 0 saturated heterocycles. The number of fused-ring (bicyclic) bond motifs is 1. The van der Waals surface area contributed by atoms with Crippen LogP contribution in [-0.4, -0.2) is 9.97 Å². The van der Waals surface area contributed by atoms with Crippen LogP contribution >= 0.6 is 12.6 Å². The number of halogens is 1. The van der Waals surface area contributed by atoms with Crippen molar-refractivity contribution in [3.8, 4) is 11.1 Å². The lowest BCUT2D eigenvalue weighted by atomic mass is 10.0. The Bertz CT molecular complexity index is 830. The summed E-state index contributed by atoms with van der Waals surface area (Å²) in [5.74, 6) is -0.256. The van der Waals surface area contributed by atoms with Gasteiger partial charge >= 0.3 is 0 Å². The smallest absolute Gasteiger partial charge is 0.137 e. The van der Waals surface area contributed by atoms with E-state index in [2.05, 4.69) is 22.6 Å². The Morgan fingerprint density at radius 2 is 1.95 bits per heavy atom. The summed E-state index contributed by atoms with van der Waals surface area (Å²) < 4.78 is 13.0. The van der Waals surface area contributed by atoms with Crippen molar-refractivity contribution in [3.05, 3.63) is 59.0 Å². The fourth-order valence-corrected chi connectivity index (χ4v) is 2.34. The summed E-state index contributed by atoms with van der Waals surface area (Å²) in [7, 11) is 0. The Labute approximate surface area is 127 Å². The third-order valence-corrected chi connectivity index (χ3v) is 3.63. The van der Waals surface area contributed by atoms with E-state index >= 15 is 0 Å². The molecule has 106 valence electrons. The summed E-state index contributed by atoms with van der Waals surface area (Å²) in [6.45, 7) is 1.84. The maximum absolute atomic E-state index is 13.0. The largest absolute Gasteiger partial charge is 0.398 e. The molecule has 0 aliphatic rings. The normalized spacial score (nSPS) is 12.5. The standard InChI is InChI=1S/C16H14FN3S/c1-9(21)15(18)14-8-20-16-13(14)6-11(7-19-16)10-2-4-12(17)5-3-10/h2-8,21H,18H2,1H3,(H,19,20)/b15-9-. The third kappa shape index (κ3) is 2.52. The molecule has 0 amide bonds. The second kappa shape index (κ2) is 5.26. The number of hydrogen-bond donors (Lipinski definition) is 3. The van der Waals surface area contributed by atoms with E-state index in [1.54, 1.807) is 18.3 Å². The summed E-state index contributed by atoms with van der Waals surface area (Å²) in [5, 5.41) is 0.919. The molecule has 3 aromatic rings. The van der Waals surface area contributed by atoms with Crippen LogP contribution in [0.2, 0.25) is 0 Å². The van der Waals surface area contributed by atoms with Gasteiger partial charge in [0.2, 0.25) is 0 Å². The maximum Gasteiger partial charge on any atom is 0.137 e. The number of hydrogen-bond acceptors (Lipinski definition) is 3. The first kappa shape index (κ1) is 13.7. The highest BCUT2D eigenvalue weighted by Gasteiger charge is 2.10. The first-order valence-electron chi connectivity index (χ1n) is 6.45. The van der Waals surface area contributed by atoms with Crippen molar-refractivity contribution in [1.82, 2.24) is 9.97 Å². The summed E-state index contributed by atoms with van der Waals surface area (Å²) in [6, 6.07) is 8.32. The average molecular weight is 299 g/mol. The van der Waals surface area contributed by atoms with Crippen LogP contribution < -0.4 is 5.73 Å². The van der Waals surface area contributed by atoms with Gasteiger partial charge in [-0.3, -0.25) is 0 Å². The number of aromatic amines is 1. The maximum atomic E-state index is 13.0. The molecule has 3 N–H and O–H groups in total. The van der Waals surface area contributed by atoms with Crippen molar-refractivity contribution in [2.75, 3.05) is 0 Å². The van der Waals surface area contributed by atoms with Crippen molar-refractivity contribution < 1.29 is 4.39 Å². The van der Waals surface area contributed by atoms with Gasteiger partial charge in [-0.15, -0.1) is 12.6 Å². The lowest BCUT2D eigenvalue weighted by Crippen LogP contribution is -1.96. The number of H-pyrrole nitrogens is 1. The Morgan fingerprint density at radius 3 is 2.62 bits per heavy atom. The molecule has 0 radical (unpaired) electrons. The topological polar surface area (TPSA) is 54.7 Å². The van der Waals surface area contributed by atoms with E-state index in [0.717, 1.165) is 32.6 Å². The van der Waals surface area contributed by atoms with Gasteiger partial charge in [-0.05, 0) is 30.7 Å². The Balaban J connectivity index is 2.17.